The van der Waals surface area contributed by atoms with Gasteiger partial charge in [0.15, 0.2) is 0 Å². The number of anilines is 1. The van der Waals surface area contributed by atoms with E-state index in [4.69, 9.17) is 11.6 Å². The molecule has 0 spiro atoms. The third-order valence-electron chi connectivity index (χ3n) is 3.42. The van der Waals surface area contributed by atoms with E-state index in [1.54, 1.807) is 18.2 Å². The molecule has 0 fully saturated rings. The van der Waals surface area contributed by atoms with Crippen LogP contribution >= 0.6 is 27.5 Å². The fourth-order valence-electron chi connectivity index (χ4n) is 2.23. The Bertz CT molecular complexity index is 648. The summed E-state index contributed by atoms with van der Waals surface area (Å²) in [6, 6.07) is 11.3. The maximum Gasteiger partial charge on any atom is 0.255 e. The topological polar surface area (TPSA) is 29.1 Å². The van der Waals surface area contributed by atoms with Gasteiger partial charge in [0.1, 0.15) is 0 Å². The lowest BCUT2D eigenvalue weighted by molar-refractivity contribution is 0.102. The average molecular weight is 367 g/mol. The summed E-state index contributed by atoms with van der Waals surface area (Å²) in [4.78, 5) is 12.4. The van der Waals surface area contributed by atoms with Gasteiger partial charge in [-0.3, -0.25) is 4.79 Å². The minimum absolute atomic E-state index is 0.139. The van der Waals surface area contributed by atoms with Gasteiger partial charge >= 0.3 is 0 Å². The first-order chi connectivity index (χ1) is 10.1. The zero-order valence-corrected chi connectivity index (χ0v) is 14.4. The molecule has 2 aromatic carbocycles. The lowest BCUT2D eigenvalue weighted by Crippen LogP contribution is -2.14. The van der Waals surface area contributed by atoms with E-state index in [1.807, 2.05) is 18.2 Å². The molecule has 2 nitrogen and oxygen atoms in total. The summed E-state index contributed by atoms with van der Waals surface area (Å²) in [5, 5.41) is 3.56. The van der Waals surface area contributed by atoms with Gasteiger partial charge in [-0.05, 0) is 58.1 Å². The van der Waals surface area contributed by atoms with E-state index in [1.165, 1.54) is 0 Å². The van der Waals surface area contributed by atoms with E-state index in [0.717, 1.165) is 34.1 Å². The molecule has 0 aliphatic rings. The molecule has 0 saturated carbocycles. The molecule has 110 valence electrons. The van der Waals surface area contributed by atoms with Crippen molar-refractivity contribution < 1.29 is 4.79 Å². The van der Waals surface area contributed by atoms with E-state index in [9.17, 15) is 4.79 Å². The van der Waals surface area contributed by atoms with E-state index in [2.05, 4.69) is 35.1 Å². The Labute approximate surface area is 138 Å². The lowest BCUT2D eigenvalue weighted by Gasteiger charge is -2.14. The molecule has 0 aliphatic heterocycles. The molecule has 1 amide bonds. The van der Waals surface area contributed by atoms with Crippen LogP contribution < -0.4 is 5.32 Å². The molecule has 0 bridgehead atoms. The van der Waals surface area contributed by atoms with Gasteiger partial charge in [0.25, 0.3) is 5.91 Å². The maximum atomic E-state index is 12.4. The van der Waals surface area contributed by atoms with Gasteiger partial charge in [0.2, 0.25) is 0 Å². The first kappa shape index (κ1) is 16.1. The van der Waals surface area contributed by atoms with Gasteiger partial charge in [0.05, 0.1) is 5.02 Å². The van der Waals surface area contributed by atoms with Crippen molar-refractivity contribution in [2.45, 2.75) is 26.7 Å². The summed E-state index contributed by atoms with van der Waals surface area (Å²) >= 11 is 9.38. The zero-order valence-electron chi connectivity index (χ0n) is 12.0. The number of halogens is 2. The molecule has 1 N–H and O–H groups in total. The quantitative estimate of drug-likeness (QED) is 0.762. The van der Waals surface area contributed by atoms with Crippen LogP contribution in [0.5, 0.6) is 0 Å². The average Bonchev–Trinajstić information content (AvgIpc) is 2.50. The van der Waals surface area contributed by atoms with E-state index in [0.29, 0.717) is 10.6 Å². The van der Waals surface area contributed by atoms with Crippen molar-refractivity contribution in [3.8, 4) is 0 Å². The highest BCUT2D eigenvalue weighted by Crippen LogP contribution is 2.26. The van der Waals surface area contributed by atoms with Gasteiger partial charge in [-0.15, -0.1) is 0 Å². The summed E-state index contributed by atoms with van der Waals surface area (Å²) in [6.07, 6.45) is 1.76. The van der Waals surface area contributed by atoms with Gasteiger partial charge in [0, 0.05) is 15.7 Å². The predicted octanol–water partition coefficient (Wildman–Crippen LogP) is 5.48. The second-order valence-electron chi connectivity index (χ2n) is 4.74. The summed E-state index contributed by atoms with van der Waals surface area (Å²) in [5.41, 5.74) is 3.76. The molecular weight excluding hydrogens is 350 g/mol. The number of nitrogens with one attached hydrogen (secondary N) is 1. The van der Waals surface area contributed by atoms with Gasteiger partial charge in [-0.2, -0.15) is 0 Å². The monoisotopic (exact) mass is 365 g/mol. The third-order valence-corrected chi connectivity index (χ3v) is 4.65. The maximum absolute atomic E-state index is 12.4. The number of aryl methyl sites for hydroxylation is 2. The largest absolute Gasteiger partial charge is 0.321 e. The lowest BCUT2D eigenvalue weighted by atomic mass is 10.0. The Balaban J connectivity index is 2.33. The van der Waals surface area contributed by atoms with E-state index in [-0.39, 0.29) is 5.91 Å². The molecule has 0 saturated heterocycles. The minimum atomic E-state index is -0.139. The van der Waals surface area contributed by atoms with Crippen LogP contribution in [-0.4, -0.2) is 5.91 Å². The molecular formula is C17H17BrClNO. The molecule has 0 heterocycles. The highest BCUT2D eigenvalue weighted by molar-refractivity contribution is 9.10. The SMILES string of the molecule is CCc1cccc(CC)c1NC(=O)c1ccc(Br)c(Cl)c1. The molecule has 0 atom stereocenters. The number of rotatable bonds is 4. The third kappa shape index (κ3) is 3.66. The molecule has 0 aliphatic carbocycles. The fourth-order valence-corrected chi connectivity index (χ4v) is 2.65. The van der Waals surface area contributed by atoms with Crippen molar-refractivity contribution in [2.75, 3.05) is 5.32 Å². The van der Waals surface area contributed by atoms with Crippen LogP contribution in [0.1, 0.15) is 35.3 Å². The summed E-state index contributed by atoms with van der Waals surface area (Å²) in [7, 11) is 0. The van der Waals surface area contributed by atoms with Crippen molar-refractivity contribution >= 4 is 39.1 Å². The number of hydrogen-bond donors (Lipinski definition) is 1. The first-order valence-corrected chi connectivity index (χ1v) is 8.11. The molecule has 0 radical (unpaired) electrons. The van der Waals surface area contributed by atoms with Gasteiger partial charge < -0.3 is 5.32 Å². The number of para-hydroxylation sites is 1. The second kappa shape index (κ2) is 7.10. The Morgan fingerprint density at radius 1 is 1.14 bits per heavy atom. The Morgan fingerprint density at radius 3 is 2.29 bits per heavy atom. The molecule has 0 unspecified atom stereocenters. The van der Waals surface area contributed by atoms with Crippen molar-refractivity contribution in [3.63, 3.8) is 0 Å². The Hall–Kier alpha value is -1.32. The standard InChI is InChI=1S/C17H17BrClNO/c1-3-11-6-5-7-12(4-2)16(11)20-17(21)13-8-9-14(18)15(19)10-13/h5-10H,3-4H2,1-2H3,(H,20,21). The molecule has 4 heteroatoms. The van der Waals surface area contributed by atoms with Gasteiger partial charge in [-0.1, -0.05) is 43.6 Å². The number of hydrogen-bond acceptors (Lipinski definition) is 1. The highest BCUT2D eigenvalue weighted by atomic mass is 79.9. The van der Waals surface area contributed by atoms with Crippen molar-refractivity contribution in [1.29, 1.82) is 0 Å². The summed E-state index contributed by atoms with van der Waals surface area (Å²) in [5.74, 6) is -0.139. The van der Waals surface area contributed by atoms with Crippen molar-refractivity contribution in [1.82, 2.24) is 0 Å². The smallest absolute Gasteiger partial charge is 0.255 e. The zero-order chi connectivity index (χ0) is 15.4. The minimum Gasteiger partial charge on any atom is -0.321 e. The number of amides is 1. The van der Waals surface area contributed by atoms with Crippen LogP contribution in [0.4, 0.5) is 5.69 Å². The first-order valence-electron chi connectivity index (χ1n) is 6.94. The van der Waals surface area contributed by atoms with Crippen LogP contribution in [0.25, 0.3) is 0 Å². The van der Waals surface area contributed by atoms with Gasteiger partial charge in [-0.25, -0.2) is 0 Å². The number of carbonyl (C=O) groups excluding carboxylic acids is 1. The summed E-state index contributed by atoms with van der Waals surface area (Å²) < 4.78 is 0.781. The second-order valence-corrected chi connectivity index (χ2v) is 6.00. The van der Waals surface area contributed by atoms with Crippen LogP contribution in [0.3, 0.4) is 0 Å². The Morgan fingerprint density at radius 2 is 1.76 bits per heavy atom. The van der Waals surface area contributed by atoms with Crippen LogP contribution in [0, 0.1) is 0 Å². The molecule has 2 aromatic rings. The molecule has 21 heavy (non-hydrogen) atoms. The van der Waals surface area contributed by atoms with Crippen LogP contribution in [0.15, 0.2) is 40.9 Å². The Kier molecular flexibility index (Phi) is 5.43. The molecule has 2 rings (SSSR count). The predicted molar refractivity (Wildman–Crippen MR) is 92.3 cm³/mol. The van der Waals surface area contributed by atoms with Crippen molar-refractivity contribution in [3.05, 3.63) is 62.6 Å². The summed E-state index contributed by atoms with van der Waals surface area (Å²) in [6.45, 7) is 4.17. The van der Waals surface area contributed by atoms with E-state index >= 15 is 0 Å². The normalized spacial score (nSPS) is 10.5. The van der Waals surface area contributed by atoms with Crippen LogP contribution in [0.2, 0.25) is 5.02 Å². The number of benzene rings is 2. The fraction of sp³-hybridized carbons (Fsp3) is 0.235. The number of carbonyl (C=O) groups is 1. The highest BCUT2D eigenvalue weighted by Gasteiger charge is 2.12. The molecule has 0 aromatic heterocycles. The van der Waals surface area contributed by atoms with E-state index < -0.39 is 0 Å². The van der Waals surface area contributed by atoms with Crippen molar-refractivity contribution in [2.24, 2.45) is 0 Å². The van der Waals surface area contributed by atoms with Crippen LogP contribution in [-0.2, 0) is 12.8 Å².